The van der Waals surface area contributed by atoms with Crippen LogP contribution in [0.15, 0.2) is 29.4 Å². The highest BCUT2D eigenvalue weighted by Gasteiger charge is 2.44. The van der Waals surface area contributed by atoms with Gasteiger partial charge in [-0.05, 0) is 12.8 Å². The molecule has 2 aliphatic heterocycles. The molecular weight excluding hydrogens is 314 g/mol. The number of nitrogens with zero attached hydrogens (tertiary/aromatic N) is 5. The number of ether oxygens (including phenoxy) is 2. The summed E-state index contributed by atoms with van der Waals surface area (Å²) in [6, 6.07) is 1.57. The number of hydrogen-bond donors (Lipinski definition) is 0. The van der Waals surface area contributed by atoms with Crippen LogP contribution in [0.25, 0.3) is 0 Å². The van der Waals surface area contributed by atoms with Gasteiger partial charge in [-0.2, -0.15) is 5.10 Å². The van der Waals surface area contributed by atoms with E-state index >= 15 is 0 Å². The molecule has 2 atom stereocenters. The van der Waals surface area contributed by atoms with Crippen LogP contribution in [0.5, 0.6) is 0 Å². The van der Waals surface area contributed by atoms with Crippen LogP contribution >= 0.6 is 0 Å². The Kier molecular flexibility index (Phi) is 4.03. The maximum Gasteiger partial charge on any atom is 0.292 e. The zero-order valence-electron chi connectivity index (χ0n) is 13.2. The number of hydrogen-bond acceptors (Lipinski definition) is 7. The van der Waals surface area contributed by atoms with E-state index in [2.05, 4.69) is 15.2 Å². The minimum absolute atomic E-state index is 0.0376. The van der Waals surface area contributed by atoms with Gasteiger partial charge in [0.2, 0.25) is 5.76 Å². The fraction of sp³-hybridized carbons (Fsp3) is 0.600. The smallest absolute Gasteiger partial charge is 0.292 e. The molecule has 9 heteroatoms. The van der Waals surface area contributed by atoms with E-state index < -0.39 is 5.60 Å². The van der Waals surface area contributed by atoms with Gasteiger partial charge in [0.15, 0.2) is 0 Å². The summed E-state index contributed by atoms with van der Waals surface area (Å²) in [4.78, 5) is 18.2. The van der Waals surface area contributed by atoms with E-state index in [1.165, 1.54) is 12.5 Å². The van der Waals surface area contributed by atoms with E-state index in [9.17, 15) is 4.79 Å². The monoisotopic (exact) mass is 333 g/mol. The van der Waals surface area contributed by atoms with Crippen molar-refractivity contribution in [2.24, 2.45) is 0 Å². The number of carbonyl (C=O) groups is 1. The number of amides is 1. The van der Waals surface area contributed by atoms with Crippen molar-refractivity contribution in [2.45, 2.75) is 31.1 Å². The van der Waals surface area contributed by atoms with E-state index in [0.29, 0.717) is 32.8 Å². The Labute approximate surface area is 138 Å². The van der Waals surface area contributed by atoms with Crippen LogP contribution in [0, 0.1) is 0 Å². The topological polar surface area (TPSA) is 95.5 Å². The Hall–Kier alpha value is -2.26. The Morgan fingerprint density at radius 3 is 3.21 bits per heavy atom. The summed E-state index contributed by atoms with van der Waals surface area (Å²) < 4.78 is 18.8. The van der Waals surface area contributed by atoms with Crippen molar-refractivity contribution in [3.8, 4) is 0 Å². The maximum absolute atomic E-state index is 12.6. The third-order valence-electron chi connectivity index (χ3n) is 4.48. The first-order chi connectivity index (χ1) is 11.7. The largest absolute Gasteiger partial charge is 0.377 e. The lowest BCUT2D eigenvalue weighted by atomic mass is 10.00. The van der Waals surface area contributed by atoms with Crippen LogP contribution in [-0.2, 0) is 16.0 Å². The molecule has 2 aromatic heterocycles. The van der Waals surface area contributed by atoms with E-state index in [1.807, 2.05) is 0 Å². The van der Waals surface area contributed by atoms with Gasteiger partial charge >= 0.3 is 0 Å². The molecule has 0 aromatic carbocycles. The van der Waals surface area contributed by atoms with Gasteiger partial charge in [-0.15, -0.1) is 0 Å². The lowest BCUT2D eigenvalue weighted by molar-refractivity contribution is -0.0882. The second-order valence-electron chi connectivity index (χ2n) is 6.24. The molecule has 0 radical (unpaired) electrons. The van der Waals surface area contributed by atoms with Crippen LogP contribution in [0.4, 0.5) is 0 Å². The molecule has 24 heavy (non-hydrogen) atoms. The summed E-state index contributed by atoms with van der Waals surface area (Å²) in [5, 5.41) is 7.72. The molecule has 1 spiro atoms. The van der Waals surface area contributed by atoms with E-state index in [0.717, 1.165) is 12.8 Å². The summed E-state index contributed by atoms with van der Waals surface area (Å²) in [5.41, 5.74) is -0.475. The van der Waals surface area contributed by atoms with Gasteiger partial charge in [-0.1, -0.05) is 5.16 Å². The number of carbonyl (C=O) groups excluding carboxylic acids is 1. The number of rotatable bonds is 3. The molecule has 0 saturated carbocycles. The molecule has 0 bridgehead atoms. The molecular formula is C15H19N5O4. The molecule has 2 fully saturated rings. The average molecular weight is 333 g/mol. The highest BCUT2D eigenvalue weighted by atomic mass is 16.6. The molecule has 0 unspecified atom stereocenters. The van der Waals surface area contributed by atoms with Crippen LogP contribution in [-0.4, -0.2) is 68.7 Å². The zero-order chi connectivity index (χ0) is 16.4. The van der Waals surface area contributed by atoms with Crippen molar-refractivity contribution in [2.75, 3.05) is 26.3 Å². The summed E-state index contributed by atoms with van der Waals surface area (Å²) in [5.74, 6) is 0.0601. The van der Waals surface area contributed by atoms with Gasteiger partial charge in [0.25, 0.3) is 5.91 Å². The van der Waals surface area contributed by atoms with Gasteiger partial charge in [-0.3, -0.25) is 9.48 Å². The highest BCUT2D eigenvalue weighted by Crippen LogP contribution is 2.34. The Morgan fingerprint density at radius 2 is 2.42 bits per heavy atom. The predicted molar refractivity (Wildman–Crippen MR) is 80.1 cm³/mol. The first-order valence-corrected chi connectivity index (χ1v) is 8.02. The van der Waals surface area contributed by atoms with Crippen molar-refractivity contribution in [3.63, 3.8) is 0 Å². The third kappa shape index (κ3) is 3.04. The molecule has 2 aromatic rings. The standard InChI is InChI=1S/C15H19N5O4/c21-14(13-2-4-18-24-13)19-5-6-22-9-15(8-19)3-1-12(23-15)7-20-11-16-10-17-20/h2,4,10-12H,1,3,5-9H2/t12-,15+/m0/s1. The van der Waals surface area contributed by atoms with Crippen LogP contribution in [0.1, 0.15) is 23.4 Å². The SMILES string of the molecule is O=C(c1ccno1)N1CCOC[C@@]2(CC[C@@H](Cn3cncn3)O2)C1. The first-order valence-electron chi connectivity index (χ1n) is 8.02. The lowest BCUT2D eigenvalue weighted by Crippen LogP contribution is -2.46. The Bertz CT molecular complexity index is 674. The molecule has 9 nitrogen and oxygen atoms in total. The molecule has 2 aliphatic rings. The maximum atomic E-state index is 12.6. The van der Waals surface area contributed by atoms with Crippen molar-refractivity contribution in [1.29, 1.82) is 0 Å². The summed E-state index contributed by atoms with van der Waals surface area (Å²) >= 11 is 0. The van der Waals surface area contributed by atoms with E-state index in [-0.39, 0.29) is 17.8 Å². The fourth-order valence-corrected chi connectivity index (χ4v) is 3.34. The third-order valence-corrected chi connectivity index (χ3v) is 4.48. The van der Waals surface area contributed by atoms with E-state index in [4.69, 9.17) is 14.0 Å². The second-order valence-corrected chi connectivity index (χ2v) is 6.24. The van der Waals surface area contributed by atoms with Crippen LogP contribution in [0.2, 0.25) is 0 Å². The number of aromatic nitrogens is 4. The minimum atomic E-state index is -0.475. The normalized spacial score (nSPS) is 27.5. The summed E-state index contributed by atoms with van der Waals surface area (Å²) in [7, 11) is 0. The second kappa shape index (κ2) is 6.33. The fourth-order valence-electron chi connectivity index (χ4n) is 3.34. The first kappa shape index (κ1) is 15.3. The zero-order valence-corrected chi connectivity index (χ0v) is 13.2. The summed E-state index contributed by atoms with van der Waals surface area (Å²) in [6.45, 7) is 2.62. The highest BCUT2D eigenvalue weighted by molar-refractivity contribution is 5.91. The van der Waals surface area contributed by atoms with Crippen LogP contribution in [0.3, 0.4) is 0 Å². The molecule has 4 rings (SSSR count). The van der Waals surface area contributed by atoms with Gasteiger partial charge in [-0.25, -0.2) is 4.98 Å². The molecule has 128 valence electrons. The van der Waals surface area contributed by atoms with Gasteiger partial charge in [0.05, 0.1) is 38.6 Å². The van der Waals surface area contributed by atoms with Gasteiger partial charge in [0.1, 0.15) is 18.3 Å². The quantitative estimate of drug-likeness (QED) is 0.800. The molecule has 1 amide bonds. The summed E-state index contributed by atoms with van der Waals surface area (Å²) in [6.07, 6.45) is 6.43. The molecule has 2 saturated heterocycles. The van der Waals surface area contributed by atoms with Crippen molar-refractivity contribution >= 4 is 5.91 Å². The Balaban J connectivity index is 1.45. The van der Waals surface area contributed by atoms with Crippen molar-refractivity contribution in [1.82, 2.24) is 24.8 Å². The van der Waals surface area contributed by atoms with Crippen molar-refractivity contribution < 1.29 is 18.8 Å². The predicted octanol–water partition coefficient (Wildman–Crippen LogP) is 0.356. The minimum Gasteiger partial charge on any atom is -0.377 e. The Morgan fingerprint density at radius 1 is 1.46 bits per heavy atom. The van der Waals surface area contributed by atoms with Gasteiger partial charge < -0.3 is 18.9 Å². The molecule has 0 aliphatic carbocycles. The average Bonchev–Trinajstić information content (AvgIpc) is 3.30. The molecule has 0 N–H and O–H groups in total. The lowest BCUT2D eigenvalue weighted by Gasteiger charge is -2.31. The van der Waals surface area contributed by atoms with E-state index in [1.54, 1.807) is 22.0 Å². The van der Waals surface area contributed by atoms with Crippen molar-refractivity contribution in [3.05, 3.63) is 30.7 Å². The van der Waals surface area contributed by atoms with Crippen LogP contribution < -0.4 is 0 Å². The van der Waals surface area contributed by atoms with Gasteiger partial charge in [0, 0.05) is 12.6 Å². The molecule has 4 heterocycles.